The number of carbonyl (C=O) groups excluding carboxylic acids is 1. The Kier molecular flexibility index (Phi) is 5.38. The van der Waals surface area contributed by atoms with Crippen LogP contribution in [0.2, 0.25) is 0 Å². The molecule has 8 nitrogen and oxygen atoms in total. The van der Waals surface area contributed by atoms with Crippen LogP contribution in [0.1, 0.15) is 21.5 Å². The number of likely N-dealkylation sites (N-methyl/N-ethyl adjacent to an activating group) is 1. The van der Waals surface area contributed by atoms with Crippen LogP contribution in [0, 0.1) is 0 Å². The first-order valence-corrected chi connectivity index (χ1v) is 9.90. The molecule has 1 aromatic heterocycles. The monoisotopic (exact) mass is 396 g/mol. The van der Waals surface area contributed by atoms with Gasteiger partial charge in [-0.3, -0.25) is 4.79 Å². The average molecular weight is 396 g/mol. The average Bonchev–Trinajstić information content (AvgIpc) is 3.18. The van der Waals surface area contributed by atoms with Crippen molar-refractivity contribution in [1.82, 2.24) is 14.9 Å². The maximum absolute atomic E-state index is 11.5. The Morgan fingerprint density at radius 1 is 1.21 bits per heavy atom. The highest BCUT2D eigenvalue weighted by Gasteiger charge is 2.35. The van der Waals surface area contributed by atoms with Crippen LogP contribution in [-0.4, -0.2) is 73.8 Å². The van der Waals surface area contributed by atoms with E-state index in [1.165, 1.54) is 5.56 Å². The summed E-state index contributed by atoms with van der Waals surface area (Å²) in [6, 6.07) is 7.97. The Hall–Kier alpha value is -2.71. The summed E-state index contributed by atoms with van der Waals surface area (Å²) >= 11 is 0. The van der Waals surface area contributed by atoms with E-state index < -0.39 is 5.91 Å². The molecule has 1 saturated heterocycles. The highest BCUT2D eigenvalue weighted by molar-refractivity contribution is 5.93. The summed E-state index contributed by atoms with van der Waals surface area (Å²) in [5.74, 6) is 1.22. The van der Waals surface area contributed by atoms with Gasteiger partial charge in [-0.2, -0.15) is 4.98 Å². The fraction of sp³-hybridized carbons (Fsp3) is 0.476. The van der Waals surface area contributed by atoms with E-state index in [4.69, 9.17) is 15.5 Å². The van der Waals surface area contributed by atoms with Crippen LogP contribution in [0.15, 0.2) is 30.5 Å². The Balaban J connectivity index is 1.54. The van der Waals surface area contributed by atoms with Gasteiger partial charge in [-0.15, -0.1) is 0 Å². The predicted molar refractivity (Wildman–Crippen MR) is 112 cm³/mol. The fourth-order valence-corrected chi connectivity index (χ4v) is 4.22. The van der Waals surface area contributed by atoms with Gasteiger partial charge in [-0.1, -0.05) is 6.07 Å². The van der Waals surface area contributed by atoms with Crippen molar-refractivity contribution in [3.05, 3.63) is 47.2 Å². The Bertz CT molecular complexity index is 902. The number of hydrogen-bond acceptors (Lipinski definition) is 7. The molecular weight excluding hydrogens is 368 g/mol. The van der Waals surface area contributed by atoms with Crippen LogP contribution >= 0.6 is 0 Å². The Labute approximate surface area is 171 Å². The second-order valence-electron chi connectivity index (χ2n) is 7.94. The second-order valence-corrected chi connectivity index (χ2v) is 7.94. The summed E-state index contributed by atoms with van der Waals surface area (Å²) in [5, 5.41) is 0. The highest BCUT2D eigenvalue weighted by atomic mass is 16.5. The van der Waals surface area contributed by atoms with Gasteiger partial charge in [0, 0.05) is 45.0 Å². The van der Waals surface area contributed by atoms with E-state index in [1.807, 2.05) is 24.4 Å². The summed E-state index contributed by atoms with van der Waals surface area (Å²) in [5.41, 5.74) is 8.34. The normalized spacial score (nSPS) is 21.5. The number of methoxy groups -OCH3 is 1. The van der Waals surface area contributed by atoms with Crippen LogP contribution in [0.3, 0.4) is 0 Å². The number of aromatic nitrogens is 2. The zero-order valence-electron chi connectivity index (χ0n) is 17.2. The predicted octanol–water partition coefficient (Wildman–Crippen LogP) is 0.903. The van der Waals surface area contributed by atoms with Gasteiger partial charge in [0.1, 0.15) is 5.82 Å². The summed E-state index contributed by atoms with van der Waals surface area (Å²) in [4.78, 5) is 27.5. The first-order chi connectivity index (χ1) is 14.0. The smallest absolute Gasteiger partial charge is 0.248 e. The molecule has 0 aliphatic carbocycles. The largest absolute Gasteiger partial charge is 0.378 e. The number of hydrogen-bond donors (Lipinski definition) is 1. The number of benzene rings is 1. The number of anilines is 2. The van der Waals surface area contributed by atoms with Gasteiger partial charge >= 0.3 is 0 Å². The lowest BCUT2D eigenvalue weighted by molar-refractivity contribution is 0.0639. The summed E-state index contributed by atoms with van der Waals surface area (Å²) < 4.78 is 5.68. The summed E-state index contributed by atoms with van der Waals surface area (Å²) in [6.45, 7) is 3.18. The van der Waals surface area contributed by atoms with E-state index in [0.29, 0.717) is 24.1 Å². The fourth-order valence-electron chi connectivity index (χ4n) is 4.22. The molecular formula is C21H28N6O2. The number of amides is 1. The van der Waals surface area contributed by atoms with Gasteiger partial charge in [0.15, 0.2) is 0 Å². The molecule has 1 fully saturated rings. The molecule has 2 aliphatic rings. The molecule has 4 rings (SSSR count). The van der Waals surface area contributed by atoms with E-state index in [2.05, 4.69) is 33.8 Å². The molecule has 0 radical (unpaired) electrons. The Morgan fingerprint density at radius 2 is 2.03 bits per heavy atom. The Morgan fingerprint density at radius 3 is 2.72 bits per heavy atom. The number of carbonyl (C=O) groups is 1. The number of primary amides is 1. The summed E-state index contributed by atoms with van der Waals surface area (Å²) in [7, 11) is 5.93. The molecule has 0 unspecified atom stereocenters. The van der Waals surface area contributed by atoms with Crippen molar-refractivity contribution in [3.63, 3.8) is 0 Å². The quantitative estimate of drug-likeness (QED) is 0.803. The molecule has 0 bridgehead atoms. The van der Waals surface area contributed by atoms with Crippen molar-refractivity contribution >= 4 is 17.7 Å². The SMILES string of the molecule is CO[C@@H]1CN(c2ccnc(N3CCc4ccc(C(N)=O)cc4C3)n2)C[C@@H]1N(C)C. The van der Waals surface area contributed by atoms with Gasteiger partial charge in [0.2, 0.25) is 11.9 Å². The topological polar surface area (TPSA) is 87.8 Å². The molecule has 0 saturated carbocycles. The minimum absolute atomic E-state index is 0.150. The minimum Gasteiger partial charge on any atom is -0.378 e. The maximum atomic E-state index is 11.5. The van der Waals surface area contributed by atoms with Crippen LogP contribution in [0.5, 0.6) is 0 Å². The summed E-state index contributed by atoms with van der Waals surface area (Å²) in [6.07, 6.45) is 2.86. The molecule has 2 N–H and O–H groups in total. The second kappa shape index (κ2) is 7.96. The third-order valence-corrected chi connectivity index (χ3v) is 5.94. The van der Waals surface area contributed by atoms with Gasteiger partial charge in [0.25, 0.3) is 0 Å². The third kappa shape index (κ3) is 3.90. The molecule has 0 spiro atoms. The zero-order chi connectivity index (χ0) is 20.5. The van der Waals surface area contributed by atoms with Gasteiger partial charge < -0.3 is 25.2 Å². The number of ether oxygens (including phenoxy) is 1. The minimum atomic E-state index is -0.402. The number of fused-ring (bicyclic) bond motifs is 1. The van der Waals surface area contributed by atoms with Crippen molar-refractivity contribution < 1.29 is 9.53 Å². The van der Waals surface area contributed by atoms with Gasteiger partial charge in [-0.25, -0.2) is 4.98 Å². The molecule has 29 heavy (non-hydrogen) atoms. The van der Waals surface area contributed by atoms with Crippen LogP contribution in [-0.2, 0) is 17.7 Å². The first-order valence-electron chi connectivity index (χ1n) is 9.90. The third-order valence-electron chi connectivity index (χ3n) is 5.94. The molecule has 1 amide bonds. The molecule has 2 aliphatic heterocycles. The van der Waals surface area contributed by atoms with Crippen molar-refractivity contribution in [1.29, 1.82) is 0 Å². The zero-order valence-corrected chi connectivity index (χ0v) is 17.2. The van der Waals surface area contributed by atoms with Crippen molar-refractivity contribution in [2.24, 2.45) is 5.73 Å². The molecule has 154 valence electrons. The molecule has 3 heterocycles. The van der Waals surface area contributed by atoms with Gasteiger partial charge in [0.05, 0.1) is 12.1 Å². The van der Waals surface area contributed by atoms with Crippen LogP contribution in [0.4, 0.5) is 11.8 Å². The van der Waals surface area contributed by atoms with Crippen molar-refractivity contribution in [2.75, 3.05) is 50.6 Å². The van der Waals surface area contributed by atoms with Crippen LogP contribution in [0.25, 0.3) is 0 Å². The van der Waals surface area contributed by atoms with E-state index >= 15 is 0 Å². The first kappa shape index (κ1) is 19.6. The standard InChI is InChI=1S/C21H28N6O2/c1-25(2)17-12-27(13-18(17)29-3)19-6-8-23-21(24-19)26-9-7-14-4-5-15(20(22)28)10-16(14)11-26/h4-6,8,10,17-18H,7,9,11-13H2,1-3H3,(H2,22,28)/t17-,18+/m0/s1. The van der Waals surface area contributed by atoms with E-state index in [9.17, 15) is 4.79 Å². The molecule has 1 aromatic carbocycles. The number of nitrogens with zero attached hydrogens (tertiary/aromatic N) is 5. The lowest BCUT2D eigenvalue weighted by atomic mass is 9.97. The van der Waals surface area contributed by atoms with Crippen molar-refractivity contribution in [2.45, 2.75) is 25.1 Å². The lowest BCUT2D eigenvalue weighted by Crippen LogP contribution is -2.39. The van der Waals surface area contributed by atoms with Crippen LogP contribution < -0.4 is 15.5 Å². The number of rotatable bonds is 5. The lowest BCUT2D eigenvalue weighted by Gasteiger charge is -2.30. The maximum Gasteiger partial charge on any atom is 0.248 e. The molecule has 2 atom stereocenters. The van der Waals surface area contributed by atoms with E-state index in [0.717, 1.165) is 37.4 Å². The number of nitrogens with two attached hydrogens (primary N) is 1. The molecule has 8 heteroatoms. The van der Waals surface area contributed by atoms with Gasteiger partial charge in [-0.05, 0) is 49.8 Å². The van der Waals surface area contributed by atoms with E-state index in [1.54, 1.807) is 13.2 Å². The van der Waals surface area contributed by atoms with Crippen molar-refractivity contribution in [3.8, 4) is 0 Å². The molecule has 2 aromatic rings. The van der Waals surface area contributed by atoms with E-state index in [-0.39, 0.29) is 6.10 Å². The highest BCUT2D eigenvalue weighted by Crippen LogP contribution is 2.26.